The fraction of sp³-hybridized carbons (Fsp3) is 0.278. The molecule has 3 rings (SSSR count). The molecule has 3 aromatic rings. The average molecular weight is 352 g/mol. The van der Waals surface area contributed by atoms with E-state index in [1.54, 1.807) is 29.5 Å². The Bertz CT molecular complexity index is 848. The van der Waals surface area contributed by atoms with Gasteiger partial charge >= 0.3 is 0 Å². The number of hydrogen-bond acceptors (Lipinski definition) is 6. The van der Waals surface area contributed by atoms with Gasteiger partial charge in [0.1, 0.15) is 18.4 Å². The summed E-state index contributed by atoms with van der Waals surface area (Å²) in [6, 6.07) is 7.37. The Hall–Kier alpha value is -3.29. The lowest BCUT2D eigenvalue weighted by Crippen LogP contribution is -2.31. The first-order valence-corrected chi connectivity index (χ1v) is 8.26. The van der Waals surface area contributed by atoms with E-state index in [-0.39, 0.29) is 11.8 Å². The van der Waals surface area contributed by atoms with E-state index in [4.69, 9.17) is 4.74 Å². The maximum absolute atomic E-state index is 12.3. The van der Waals surface area contributed by atoms with Crippen LogP contribution in [0.15, 0.2) is 49.3 Å². The summed E-state index contributed by atoms with van der Waals surface area (Å²) in [6.07, 6.45) is 6.33. The number of carbonyl (C=O) groups excluding carboxylic acids is 1. The zero-order valence-electron chi connectivity index (χ0n) is 14.7. The maximum atomic E-state index is 12.3. The summed E-state index contributed by atoms with van der Waals surface area (Å²) in [4.78, 5) is 24.6. The lowest BCUT2D eigenvalue weighted by Gasteiger charge is -2.14. The molecule has 0 saturated carbocycles. The largest absolute Gasteiger partial charge is 0.437 e. The highest BCUT2D eigenvalue weighted by Gasteiger charge is 2.15. The number of nitrogens with one attached hydrogen (secondary N) is 1. The normalized spacial score (nSPS) is 11.8. The second-order valence-corrected chi connectivity index (χ2v) is 5.94. The SMILES string of the molecule is Cc1ccc(Oc2ncccc2CNC(=O)[C@@H](C)Cn2cncn2)cn1. The topological polar surface area (TPSA) is 94.8 Å². The molecule has 3 heterocycles. The van der Waals surface area contributed by atoms with Gasteiger partial charge in [-0.15, -0.1) is 0 Å². The first kappa shape index (κ1) is 17.5. The van der Waals surface area contributed by atoms with E-state index in [2.05, 4.69) is 25.4 Å². The molecule has 1 atom stereocenters. The van der Waals surface area contributed by atoms with Crippen molar-refractivity contribution < 1.29 is 9.53 Å². The molecule has 0 unspecified atom stereocenters. The predicted octanol–water partition coefficient (Wildman–Crippen LogP) is 2.12. The highest BCUT2D eigenvalue weighted by atomic mass is 16.5. The van der Waals surface area contributed by atoms with Crippen LogP contribution in [0.1, 0.15) is 18.2 Å². The molecule has 0 aliphatic carbocycles. The van der Waals surface area contributed by atoms with Crippen LogP contribution >= 0.6 is 0 Å². The van der Waals surface area contributed by atoms with Crippen LogP contribution in [0.5, 0.6) is 11.6 Å². The first-order chi connectivity index (χ1) is 12.6. The Morgan fingerprint density at radius 2 is 2.19 bits per heavy atom. The summed E-state index contributed by atoms with van der Waals surface area (Å²) in [5.74, 6) is 0.732. The molecule has 0 bridgehead atoms. The number of carbonyl (C=O) groups is 1. The molecule has 8 nitrogen and oxygen atoms in total. The van der Waals surface area contributed by atoms with Gasteiger partial charge in [0, 0.05) is 24.0 Å². The summed E-state index contributed by atoms with van der Waals surface area (Å²) < 4.78 is 7.43. The second kappa shape index (κ2) is 8.19. The summed E-state index contributed by atoms with van der Waals surface area (Å²) in [5.41, 5.74) is 1.70. The van der Waals surface area contributed by atoms with Crippen molar-refractivity contribution in [2.24, 2.45) is 5.92 Å². The molecule has 0 aromatic carbocycles. The van der Waals surface area contributed by atoms with Crippen molar-refractivity contribution in [2.75, 3.05) is 0 Å². The highest BCUT2D eigenvalue weighted by Crippen LogP contribution is 2.22. The third-order valence-corrected chi connectivity index (χ3v) is 3.78. The van der Waals surface area contributed by atoms with Gasteiger partial charge in [-0.2, -0.15) is 5.10 Å². The van der Waals surface area contributed by atoms with E-state index >= 15 is 0 Å². The van der Waals surface area contributed by atoms with E-state index in [1.807, 2.05) is 32.0 Å². The molecule has 0 saturated heterocycles. The Morgan fingerprint density at radius 3 is 2.92 bits per heavy atom. The van der Waals surface area contributed by atoms with Gasteiger partial charge < -0.3 is 10.1 Å². The number of amides is 1. The van der Waals surface area contributed by atoms with Crippen LogP contribution in [0.4, 0.5) is 0 Å². The van der Waals surface area contributed by atoms with Gasteiger partial charge in [0.25, 0.3) is 0 Å². The van der Waals surface area contributed by atoms with E-state index in [0.717, 1.165) is 11.3 Å². The number of nitrogens with zero attached hydrogens (tertiary/aromatic N) is 5. The fourth-order valence-corrected chi connectivity index (χ4v) is 2.32. The molecule has 26 heavy (non-hydrogen) atoms. The smallest absolute Gasteiger partial charge is 0.224 e. The molecule has 0 fully saturated rings. The minimum Gasteiger partial charge on any atom is -0.437 e. The molecule has 1 amide bonds. The third kappa shape index (κ3) is 4.62. The molecule has 134 valence electrons. The van der Waals surface area contributed by atoms with Crippen molar-refractivity contribution in [1.29, 1.82) is 0 Å². The standard InChI is InChI=1S/C18H20N6O2/c1-13(10-24-12-19-11-23-24)17(25)22-8-15-4-3-7-20-18(15)26-16-6-5-14(2)21-9-16/h3-7,9,11-13H,8,10H2,1-2H3,(H,22,25)/t13-/m0/s1. The van der Waals surface area contributed by atoms with Crippen LogP contribution in [0, 0.1) is 12.8 Å². The van der Waals surface area contributed by atoms with Crippen LogP contribution < -0.4 is 10.1 Å². The molecule has 0 spiro atoms. The van der Waals surface area contributed by atoms with Gasteiger partial charge in [-0.3, -0.25) is 14.5 Å². The van der Waals surface area contributed by atoms with Crippen molar-refractivity contribution in [3.63, 3.8) is 0 Å². The van der Waals surface area contributed by atoms with Crippen molar-refractivity contribution >= 4 is 5.91 Å². The van der Waals surface area contributed by atoms with Crippen LogP contribution in [0.2, 0.25) is 0 Å². The number of rotatable bonds is 7. The van der Waals surface area contributed by atoms with Gasteiger partial charge in [-0.25, -0.2) is 9.97 Å². The minimum absolute atomic E-state index is 0.0766. The molecule has 0 radical (unpaired) electrons. The van der Waals surface area contributed by atoms with Crippen molar-refractivity contribution in [1.82, 2.24) is 30.0 Å². The van der Waals surface area contributed by atoms with Crippen molar-refractivity contribution in [2.45, 2.75) is 26.9 Å². The van der Waals surface area contributed by atoms with E-state index < -0.39 is 0 Å². The minimum atomic E-state index is -0.237. The zero-order chi connectivity index (χ0) is 18.4. The molecule has 8 heteroatoms. The van der Waals surface area contributed by atoms with E-state index in [1.165, 1.54) is 6.33 Å². The Balaban J connectivity index is 1.61. The third-order valence-electron chi connectivity index (χ3n) is 3.78. The Labute approximate surface area is 151 Å². The Morgan fingerprint density at radius 1 is 1.31 bits per heavy atom. The molecule has 0 aliphatic rings. The molecular weight excluding hydrogens is 332 g/mol. The monoisotopic (exact) mass is 352 g/mol. The number of hydrogen-bond donors (Lipinski definition) is 1. The van der Waals surface area contributed by atoms with Crippen molar-refractivity contribution in [3.05, 3.63) is 60.6 Å². The fourth-order valence-electron chi connectivity index (χ4n) is 2.32. The average Bonchev–Trinajstić information content (AvgIpc) is 3.15. The number of pyridine rings is 2. The van der Waals surface area contributed by atoms with Gasteiger partial charge in [0.15, 0.2) is 0 Å². The lowest BCUT2D eigenvalue weighted by molar-refractivity contribution is -0.125. The van der Waals surface area contributed by atoms with Gasteiger partial charge in [-0.1, -0.05) is 13.0 Å². The summed E-state index contributed by atoms with van der Waals surface area (Å²) in [7, 11) is 0. The highest BCUT2D eigenvalue weighted by molar-refractivity contribution is 5.78. The second-order valence-electron chi connectivity index (χ2n) is 5.94. The molecule has 0 aliphatic heterocycles. The summed E-state index contributed by atoms with van der Waals surface area (Å²) in [5, 5.41) is 6.92. The first-order valence-electron chi connectivity index (χ1n) is 8.26. The lowest BCUT2D eigenvalue weighted by atomic mass is 10.1. The van der Waals surface area contributed by atoms with Gasteiger partial charge in [-0.05, 0) is 25.1 Å². The Kier molecular flexibility index (Phi) is 5.52. The van der Waals surface area contributed by atoms with E-state index in [0.29, 0.717) is 24.7 Å². The van der Waals surface area contributed by atoms with Crippen LogP contribution in [0.3, 0.4) is 0 Å². The summed E-state index contributed by atoms with van der Waals surface area (Å²) >= 11 is 0. The van der Waals surface area contributed by atoms with Gasteiger partial charge in [0.05, 0.1) is 18.7 Å². The number of aromatic nitrogens is 5. The molecule has 3 aromatic heterocycles. The maximum Gasteiger partial charge on any atom is 0.224 e. The zero-order valence-corrected chi connectivity index (χ0v) is 14.7. The predicted molar refractivity (Wildman–Crippen MR) is 94.3 cm³/mol. The van der Waals surface area contributed by atoms with Crippen molar-refractivity contribution in [3.8, 4) is 11.6 Å². The van der Waals surface area contributed by atoms with Crippen LogP contribution in [-0.4, -0.2) is 30.6 Å². The number of ether oxygens (including phenoxy) is 1. The number of aryl methyl sites for hydroxylation is 1. The van der Waals surface area contributed by atoms with E-state index in [9.17, 15) is 4.79 Å². The van der Waals surface area contributed by atoms with Crippen LogP contribution in [-0.2, 0) is 17.9 Å². The summed E-state index contributed by atoms with van der Waals surface area (Å²) in [6.45, 7) is 4.54. The van der Waals surface area contributed by atoms with Crippen LogP contribution in [0.25, 0.3) is 0 Å². The molecular formula is C18H20N6O2. The quantitative estimate of drug-likeness (QED) is 0.700. The molecule has 1 N–H and O–H groups in total. The van der Waals surface area contributed by atoms with Gasteiger partial charge in [0.2, 0.25) is 11.8 Å².